The number of rotatable bonds is 4. The van der Waals surface area contributed by atoms with Crippen LogP contribution >= 0.6 is 11.8 Å². The van der Waals surface area contributed by atoms with Crippen molar-refractivity contribution in [2.75, 3.05) is 16.8 Å². The number of para-hydroxylation sites is 1. The first-order chi connectivity index (χ1) is 10.1. The van der Waals surface area contributed by atoms with E-state index in [1.807, 2.05) is 37.3 Å². The summed E-state index contributed by atoms with van der Waals surface area (Å²) in [5.41, 5.74) is 7.60. The molecule has 0 spiro atoms. The smallest absolute Gasteiger partial charge is 0.234 e. The summed E-state index contributed by atoms with van der Waals surface area (Å²) < 4.78 is 0. The second-order valence-electron chi connectivity index (χ2n) is 4.22. The number of aryl methyl sites for hydroxylation is 1. The molecule has 21 heavy (non-hydrogen) atoms. The van der Waals surface area contributed by atoms with Crippen LogP contribution < -0.4 is 11.1 Å². The number of benzene rings is 1. The average molecular weight is 299 g/mol. The van der Waals surface area contributed by atoms with Crippen molar-refractivity contribution >= 4 is 29.2 Å². The van der Waals surface area contributed by atoms with E-state index in [9.17, 15) is 4.79 Å². The summed E-state index contributed by atoms with van der Waals surface area (Å²) in [7, 11) is 0. The van der Waals surface area contributed by atoms with Gasteiger partial charge in [0.25, 0.3) is 0 Å². The number of nitrogens with one attached hydrogen (secondary N) is 1. The van der Waals surface area contributed by atoms with Gasteiger partial charge in [-0.15, -0.1) is 0 Å². The monoisotopic (exact) mass is 299 g/mol. The predicted molar refractivity (Wildman–Crippen MR) is 81.7 cm³/mol. The van der Waals surface area contributed by atoms with E-state index in [0.29, 0.717) is 5.16 Å². The molecule has 2 aromatic rings. The molecule has 1 aromatic carbocycles. The standard InChI is InChI=1S/C14H13N5OS/c1-9-4-2-3-5-11(9)18-12(20)8-21-14-17-7-10(6-15)13(16)19-14/h2-5,7H,8H2,1H3,(H,18,20)(H2,16,17,19). The molecule has 0 unspecified atom stereocenters. The summed E-state index contributed by atoms with van der Waals surface area (Å²) in [5, 5.41) is 11.9. The quantitative estimate of drug-likeness (QED) is 0.660. The molecule has 1 amide bonds. The Hall–Kier alpha value is -2.59. The first-order valence-electron chi connectivity index (χ1n) is 6.11. The van der Waals surface area contributed by atoms with Crippen molar-refractivity contribution in [1.29, 1.82) is 5.26 Å². The molecule has 0 fully saturated rings. The molecule has 0 aliphatic rings. The van der Waals surface area contributed by atoms with Crippen molar-refractivity contribution in [1.82, 2.24) is 9.97 Å². The van der Waals surface area contributed by atoms with Gasteiger partial charge in [-0.25, -0.2) is 9.97 Å². The van der Waals surface area contributed by atoms with Crippen LogP contribution in [0.3, 0.4) is 0 Å². The lowest BCUT2D eigenvalue weighted by Crippen LogP contribution is -2.15. The molecule has 1 heterocycles. The zero-order valence-electron chi connectivity index (χ0n) is 11.3. The Labute approximate surface area is 126 Å². The number of nitrogens with zero attached hydrogens (tertiary/aromatic N) is 3. The number of amides is 1. The Bertz CT molecular complexity index is 711. The van der Waals surface area contributed by atoms with Crippen LogP contribution in [-0.2, 0) is 4.79 Å². The molecule has 0 saturated carbocycles. The number of thioether (sulfide) groups is 1. The minimum Gasteiger partial charge on any atom is -0.382 e. The van der Waals surface area contributed by atoms with Crippen molar-refractivity contribution in [3.63, 3.8) is 0 Å². The molecule has 6 nitrogen and oxygen atoms in total. The summed E-state index contributed by atoms with van der Waals surface area (Å²) >= 11 is 1.16. The fraction of sp³-hybridized carbons (Fsp3) is 0.143. The number of carbonyl (C=O) groups is 1. The Morgan fingerprint density at radius 1 is 1.48 bits per heavy atom. The topological polar surface area (TPSA) is 105 Å². The van der Waals surface area contributed by atoms with E-state index in [2.05, 4.69) is 15.3 Å². The third-order valence-corrected chi connectivity index (χ3v) is 3.53. The van der Waals surface area contributed by atoms with Gasteiger partial charge in [-0.05, 0) is 18.6 Å². The molecular weight excluding hydrogens is 286 g/mol. The van der Waals surface area contributed by atoms with Crippen molar-refractivity contribution in [3.05, 3.63) is 41.6 Å². The molecule has 0 saturated heterocycles. The van der Waals surface area contributed by atoms with Crippen LogP contribution in [0.1, 0.15) is 11.1 Å². The highest BCUT2D eigenvalue weighted by Crippen LogP contribution is 2.17. The van der Waals surface area contributed by atoms with E-state index in [1.165, 1.54) is 6.20 Å². The largest absolute Gasteiger partial charge is 0.382 e. The van der Waals surface area contributed by atoms with Gasteiger partial charge in [0.2, 0.25) is 5.91 Å². The van der Waals surface area contributed by atoms with E-state index in [0.717, 1.165) is 23.0 Å². The third-order valence-electron chi connectivity index (χ3n) is 2.67. The van der Waals surface area contributed by atoms with Crippen LogP contribution in [0.15, 0.2) is 35.6 Å². The van der Waals surface area contributed by atoms with E-state index in [1.54, 1.807) is 0 Å². The van der Waals surface area contributed by atoms with Crippen molar-refractivity contribution < 1.29 is 4.79 Å². The fourth-order valence-corrected chi connectivity index (χ4v) is 2.19. The lowest BCUT2D eigenvalue weighted by Gasteiger charge is -2.07. The zero-order chi connectivity index (χ0) is 15.2. The Morgan fingerprint density at radius 3 is 2.90 bits per heavy atom. The average Bonchev–Trinajstić information content (AvgIpc) is 2.48. The van der Waals surface area contributed by atoms with E-state index in [4.69, 9.17) is 11.0 Å². The number of nitriles is 1. The molecule has 106 valence electrons. The number of nitrogens with two attached hydrogens (primary N) is 1. The predicted octanol–water partition coefficient (Wildman–Crippen LogP) is 1.97. The Balaban J connectivity index is 1.94. The molecule has 7 heteroatoms. The van der Waals surface area contributed by atoms with Gasteiger partial charge in [-0.1, -0.05) is 30.0 Å². The molecule has 0 atom stereocenters. The summed E-state index contributed by atoms with van der Waals surface area (Å²) in [5.74, 6) is 0.134. The van der Waals surface area contributed by atoms with Gasteiger partial charge in [0.1, 0.15) is 17.5 Å². The molecule has 0 aliphatic heterocycles. The van der Waals surface area contributed by atoms with Gasteiger partial charge < -0.3 is 11.1 Å². The van der Waals surface area contributed by atoms with Crippen molar-refractivity contribution in [2.45, 2.75) is 12.1 Å². The number of hydrogen-bond acceptors (Lipinski definition) is 6. The maximum Gasteiger partial charge on any atom is 0.234 e. The van der Waals surface area contributed by atoms with Gasteiger partial charge in [0.15, 0.2) is 5.16 Å². The van der Waals surface area contributed by atoms with Gasteiger partial charge in [-0.3, -0.25) is 4.79 Å². The second kappa shape index (κ2) is 6.72. The maximum atomic E-state index is 11.9. The van der Waals surface area contributed by atoms with Gasteiger partial charge in [0, 0.05) is 5.69 Å². The highest BCUT2D eigenvalue weighted by atomic mass is 32.2. The summed E-state index contributed by atoms with van der Waals surface area (Å²) in [6.07, 6.45) is 1.35. The van der Waals surface area contributed by atoms with Crippen molar-refractivity contribution in [3.8, 4) is 6.07 Å². The number of aromatic nitrogens is 2. The summed E-state index contributed by atoms with van der Waals surface area (Å²) in [6, 6.07) is 9.42. The molecule has 0 radical (unpaired) electrons. The molecule has 1 aromatic heterocycles. The van der Waals surface area contributed by atoms with Crippen LogP contribution in [0.25, 0.3) is 0 Å². The van der Waals surface area contributed by atoms with E-state index < -0.39 is 0 Å². The minimum atomic E-state index is -0.152. The van der Waals surface area contributed by atoms with Gasteiger partial charge in [-0.2, -0.15) is 5.26 Å². The number of carbonyl (C=O) groups excluding carboxylic acids is 1. The number of anilines is 2. The second-order valence-corrected chi connectivity index (χ2v) is 5.16. The third kappa shape index (κ3) is 3.94. The summed E-state index contributed by atoms with van der Waals surface area (Å²) in [6.45, 7) is 1.92. The lowest BCUT2D eigenvalue weighted by atomic mass is 10.2. The van der Waals surface area contributed by atoms with Crippen LogP contribution in [0, 0.1) is 18.3 Å². The van der Waals surface area contributed by atoms with Crippen LogP contribution in [0.5, 0.6) is 0 Å². The molecule has 3 N–H and O–H groups in total. The molecule has 2 rings (SSSR count). The van der Waals surface area contributed by atoms with E-state index in [-0.39, 0.29) is 23.0 Å². The first kappa shape index (κ1) is 14.8. The number of nitrogen functional groups attached to an aromatic ring is 1. The van der Waals surface area contributed by atoms with Crippen LogP contribution in [-0.4, -0.2) is 21.6 Å². The fourth-order valence-electron chi connectivity index (χ4n) is 1.56. The minimum absolute atomic E-state index is 0.120. The lowest BCUT2D eigenvalue weighted by molar-refractivity contribution is -0.113. The SMILES string of the molecule is Cc1ccccc1NC(=O)CSc1ncc(C#N)c(N)n1. The van der Waals surface area contributed by atoms with Crippen LogP contribution in [0.4, 0.5) is 11.5 Å². The number of hydrogen-bond donors (Lipinski definition) is 2. The van der Waals surface area contributed by atoms with Gasteiger partial charge in [0.05, 0.1) is 11.9 Å². The molecule has 0 bridgehead atoms. The normalized spacial score (nSPS) is 9.90. The zero-order valence-corrected chi connectivity index (χ0v) is 12.1. The highest BCUT2D eigenvalue weighted by Gasteiger charge is 2.08. The first-order valence-corrected chi connectivity index (χ1v) is 7.09. The Morgan fingerprint density at radius 2 is 2.24 bits per heavy atom. The molecule has 0 aliphatic carbocycles. The summed E-state index contributed by atoms with van der Waals surface area (Å²) in [4.78, 5) is 19.8. The Kier molecular flexibility index (Phi) is 4.74. The molecular formula is C14H13N5OS. The highest BCUT2D eigenvalue weighted by molar-refractivity contribution is 7.99. The van der Waals surface area contributed by atoms with E-state index >= 15 is 0 Å². The van der Waals surface area contributed by atoms with Gasteiger partial charge >= 0.3 is 0 Å². The maximum absolute atomic E-state index is 11.9. The van der Waals surface area contributed by atoms with Crippen LogP contribution in [0.2, 0.25) is 0 Å². The van der Waals surface area contributed by atoms with Crippen molar-refractivity contribution in [2.24, 2.45) is 0 Å².